The predicted molar refractivity (Wildman–Crippen MR) is 80.9 cm³/mol. The molecule has 1 aliphatic carbocycles. The number of hydrogen-bond acceptors (Lipinski definition) is 2. The Morgan fingerprint density at radius 1 is 1.25 bits per heavy atom. The van der Waals surface area contributed by atoms with Gasteiger partial charge in [-0.05, 0) is 37.7 Å². The molecule has 3 heteroatoms. The normalized spacial score (nSPS) is 22.4. The van der Waals surface area contributed by atoms with Crippen molar-refractivity contribution in [2.45, 2.75) is 45.1 Å². The Labute approximate surface area is 121 Å². The van der Waals surface area contributed by atoms with Crippen molar-refractivity contribution in [2.75, 3.05) is 14.2 Å². The molecule has 1 fully saturated rings. The van der Waals surface area contributed by atoms with Gasteiger partial charge in [0.1, 0.15) is 5.75 Å². The molecule has 1 aliphatic rings. The van der Waals surface area contributed by atoms with Crippen molar-refractivity contribution in [2.24, 2.45) is 5.92 Å². The van der Waals surface area contributed by atoms with Crippen LogP contribution >= 0.6 is 0 Å². The molecule has 20 heavy (non-hydrogen) atoms. The third-order valence-corrected chi connectivity index (χ3v) is 4.46. The van der Waals surface area contributed by atoms with E-state index in [-0.39, 0.29) is 5.91 Å². The van der Waals surface area contributed by atoms with Crippen molar-refractivity contribution in [3.05, 3.63) is 29.8 Å². The lowest BCUT2D eigenvalue weighted by molar-refractivity contribution is -0.132. The van der Waals surface area contributed by atoms with Crippen LogP contribution in [0.3, 0.4) is 0 Å². The second-order valence-electron chi connectivity index (χ2n) is 5.91. The van der Waals surface area contributed by atoms with E-state index in [2.05, 4.69) is 6.92 Å². The number of nitrogens with zero attached hydrogens (tertiary/aromatic N) is 1. The smallest absolute Gasteiger partial charge is 0.227 e. The van der Waals surface area contributed by atoms with Gasteiger partial charge < -0.3 is 9.64 Å². The fourth-order valence-electron chi connectivity index (χ4n) is 2.97. The Morgan fingerprint density at radius 2 is 1.90 bits per heavy atom. The molecule has 0 radical (unpaired) electrons. The first-order valence-electron chi connectivity index (χ1n) is 7.49. The number of ether oxygens (including phenoxy) is 1. The molecule has 0 N–H and O–H groups in total. The van der Waals surface area contributed by atoms with Crippen molar-refractivity contribution < 1.29 is 9.53 Å². The van der Waals surface area contributed by atoms with E-state index in [0.717, 1.165) is 30.1 Å². The maximum absolute atomic E-state index is 12.4. The maximum atomic E-state index is 12.4. The third-order valence-electron chi connectivity index (χ3n) is 4.46. The molecule has 3 nitrogen and oxygen atoms in total. The van der Waals surface area contributed by atoms with E-state index in [1.807, 2.05) is 36.2 Å². The van der Waals surface area contributed by atoms with Crippen molar-refractivity contribution in [3.8, 4) is 5.75 Å². The summed E-state index contributed by atoms with van der Waals surface area (Å²) in [4.78, 5) is 14.4. The van der Waals surface area contributed by atoms with E-state index < -0.39 is 0 Å². The Balaban J connectivity index is 1.97. The van der Waals surface area contributed by atoms with Crippen LogP contribution < -0.4 is 4.74 Å². The van der Waals surface area contributed by atoms with E-state index in [1.165, 1.54) is 12.8 Å². The lowest BCUT2D eigenvalue weighted by atomic mass is 9.86. The Kier molecular flexibility index (Phi) is 5.05. The topological polar surface area (TPSA) is 29.5 Å². The predicted octanol–water partition coefficient (Wildman–Crippen LogP) is 3.27. The van der Waals surface area contributed by atoms with Gasteiger partial charge in [-0.15, -0.1) is 0 Å². The molecule has 0 unspecified atom stereocenters. The molecular formula is C17H25NO2. The second-order valence-corrected chi connectivity index (χ2v) is 5.91. The van der Waals surface area contributed by atoms with Crippen LogP contribution in [0.1, 0.15) is 38.2 Å². The van der Waals surface area contributed by atoms with Crippen molar-refractivity contribution in [3.63, 3.8) is 0 Å². The van der Waals surface area contributed by atoms with Gasteiger partial charge in [0.2, 0.25) is 5.91 Å². The highest BCUT2D eigenvalue weighted by molar-refractivity contribution is 5.79. The van der Waals surface area contributed by atoms with E-state index in [4.69, 9.17) is 4.74 Å². The molecule has 0 bridgehead atoms. The van der Waals surface area contributed by atoms with Crippen LogP contribution in [0.4, 0.5) is 0 Å². The number of amides is 1. The zero-order valence-electron chi connectivity index (χ0n) is 12.8. The first kappa shape index (κ1) is 14.9. The monoisotopic (exact) mass is 275 g/mol. The van der Waals surface area contributed by atoms with Gasteiger partial charge in [-0.2, -0.15) is 0 Å². The fourth-order valence-corrected chi connectivity index (χ4v) is 2.97. The average Bonchev–Trinajstić information content (AvgIpc) is 2.48. The Bertz CT molecular complexity index is 450. The van der Waals surface area contributed by atoms with Crippen LogP contribution in [0.25, 0.3) is 0 Å². The molecule has 0 saturated heterocycles. The SMILES string of the molecule is COc1ccccc1CC(=O)N(C)C1CCC(C)CC1. The summed E-state index contributed by atoms with van der Waals surface area (Å²) in [6.07, 6.45) is 5.16. The first-order chi connectivity index (χ1) is 9.61. The van der Waals surface area contributed by atoms with Crippen LogP contribution in [-0.4, -0.2) is 31.0 Å². The molecular weight excluding hydrogens is 250 g/mol. The van der Waals surface area contributed by atoms with Crippen LogP contribution in [-0.2, 0) is 11.2 Å². The molecule has 2 rings (SSSR count). The zero-order chi connectivity index (χ0) is 14.5. The molecule has 0 heterocycles. The molecule has 1 aromatic carbocycles. The Hall–Kier alpha value is -1.51. The van der Waals surface area contributed by atoms with Gasteiger partial charge in [-0.25, -0.2) is 0 Å². The fraction of sp³-hybridized carbons (Fsp3) is 0.588. The van der Waals surface area contributed by atoms with Crippen LogP contribution in [0, 0.1) is 5.92 Å². The summed E-state index contributed by atoms with van der Waals surface area (Å²) in [5.74, 6) is 1.80. The second kappa shape index (κ2) is 6.78. The third kappa shape index (κ3) is 3.53. The molecule has 110 valence electrons. The summed E-state index contributed by atoms with van der Waals surface area (Å²) in [6.45, 7) is 2.30. The van der Waals surface area contributed by atoms with Gasteiger partial charge in [-0.1, -0.05) is 25.1 Å². The first-order valence-corrected chi connectivity index (χ1v) is 7.49. The maximum Gasteiger partial charge on any atom is 0.227 e. The molecule has 0 spiro atoms. The number of methoxy groups -OCH3 is 1. The number of rotatable bonds is 4. The number of benzene rings is 1. The van der Waals surface area contributed by atoms with Crippen LogP contribution in [0.5, 0.6) is 5.75 Å². The van der Waals surface area contributed by atoms with Crippen molar-refractivity contribution in [1.82, 2.24) is 4.90 Å². The summed E-state index contributed by atoms with van der Waals surface area (Å²) in [7, 11) is 3.59. The molecule has 0 aromatic heterocycles. The largest absolute Gasteiger partial charge is 0.496 e. The minimum atomic E-state index is 0.189. The Morgan fingerprint density at radius 3 is 2.55 bits per heavy atom. The number of likely N-dealkylation sites (N-methyl/N-ethyl adjacent to an activating group) is 1. The molecule has 0 atom stereocenters. The van der Waals surface area contributed by atoms with E-state index in [9.17, 15) is 4.79 Å². The minimum absolute atomic E-state index is 0.189. The summed E-state index contributed by atoms with van der Waals surface area (Å²) in [6, 6.07) is 8.17. The zero-order valence-corrected chi connectivity index (χ0v) is 12.8. The van der Waals surface area contributed by atoms with Crippen molar-refractivity contribution in [1.29, 1.82) is 0 Å². The number of hydrogen-bond donors (Lipinski definition) is 0. The summed E-state index contributed by atoms with van der Waals surface area (Å²) < 4.78 is 5.31. The van der Waals surface area contributed by atoms with Gasteiger partial charge >= 0.3 is 0 Å². The molecule has 1 saturated carbocycles. The van der Waals surface area contributed by atoms with Crippen LogP contribution in [0.15, 0.2) is 24.3 Å². The molecule has 1 amide bonds. The van der Waals surface area contributed by atoms with E-state index >= 15 is 0 Å². The van der Waals surface area contributed by atoms with E-state index in [1.54, 1.807) is 7.11 Å². The summed E-state index contributed by atoms with van der Waals surface area (Å²) >= 11 is 0. The number of para-hydroxylation sites is 1. The van der Waals surface area contributed by atoms with Gasteiger partial charge in [-0.3, -0.25) is 4.79 Å². The molecule has 1 aromatic rings. The number of carbonyl (C=O) groups excluding carboxylic acids is 1. The van der Waals surface area contributed by atoms with Crippen molar-refractivity contribution >= 4 is 5.91 Å². The lowest BCUT2D eigenvalue weighted by Gasteiger charge is -2.33. The van der Waals surface area contributed by atoms with Gasteiger partial charge in [0, 0.05) is 18.7 Å². The van der Waals surface area contributed by atoms with Gasteiger partial charge in [0.25, 0.3) is 0 Å². The number of carbonyl (C=O) groups is 1. The highest BCUT2D eigenvalue weighted by Gasteiger charge is 2.25. The summed E-state index contributed by atoms with van der Waals surface area (Å²) in [5.41, 5.74) is 0.969. The minimum Gasteiger partial charge on any atom is -0.496 e. The summed E-state index contributed by atoms with van der Waals surface area (Å²) in [5, 5.41) is 0. The highest BCUT2D eigenvalue weighted by atomic mass is 16.5. The van der Waals surface area contributed by atoms with Gasteiger partial charge in [0.15, 0.2) is 0 Å². The quantitative estimate of drug-likeness (QED) is 0.844. The van der Waals surface area contributed by atoms with Crippen LogP contribution in [0.2, 0.25) is 0 Å². The highest BCUT2D eigenvalue weighted by Crippen LogP contribution is 2.27. The van der Waals surface area contributed by atoms with Gasteiger partial charge in [0.05, 0.1) is 13.5 Å². The average molecular weight is 275 g/mol. The standard InChI is InChI=1S/C17H25NO2/c1-13-8-10-15(11-9-13)18(2)17(19)12-14-6-4-5-7-16(14)20-3/h4-7,13,15H,8-12H2,1-3H3. The van der Waals surface area contributed by atoms with E-state index in [0.29, 0.717) is 12.5 Å². The lowest BCUT2D eigenvalue weighted by Crippen LogP contribution is -2.40. The molecule has 0 aliphatic heterocycles.